The normalized spacial score (nSPS) is 12.1. The van der Waals surface area contributed by atoms with Gasteiger partial charge >= 0.3 is 0 Å². The average Bonchev–Trinajstić information content (AvgIpc) is 3.14. The lowest BCUT2D eigenvalue weighted by Crippen LogP contribution is -2.32. The van der Waals surface area contributed by atoms with Gasteiger partial charge in [0.25, 0.3) is 5.91 Å². The van der Waals surface area contributed by atoms with Crippen LogP contribution < -0.4 is 4.80 Å². The summed E-state index contributed by atoms with van der Waals surface area (Å²) in [6, 6.07) is 13.6. The molecule has 0 saturated heterocycles. The first-order chi connectivity index (χ1) is 16.2. The maximum Gasteiger partial charge on any atom is 0.279 e. The number of fused-ring (bicyclic) bond motifs is 1. The Morgan fingerprint density at radius 2 is 1.65 bits per heavy atom. The molecule has 1 heterocycles. The molecule has 0 atom stereocenters. The number of nitrogens with zero attached hydrogens (tertiary/aromatic N) is 5. The number of aromatic nitrogens is 1. The summed E-state index contributed by atoms with van der Waals surface area (Å²) < 4.78 is 30.1. The zero-order valence-corrected chi connectivity index (χ0v) is 20.9. The summed E-state index contributed by atoms with van der Waals surface area (Å²) >= 11 is 1.44. The lowest BCUT2D eigenvalue weighted by atomic mass is 10.1. The lowest BCUT2D eigenvalue weighted by molar-refractivity contribution is 0.0997. The van der Waals surface area contributed by atoms with E-state index in [2.05, 4.69) is 17.1 Å². The van der Waals surface area contributed by atoms with Gasteiger partial charge in [0.1, 0.15) is 0 Å². The van der Waals surface area contributed by atoms with Crippen molar-refractivity contribution in [2.24, 2.45) is 4.99 Å². The molecule has 0 spiro atoms. The molecule has 0 aliphatic heterocycles. The smallest absolute Gasteiger partial charge is 0.279 e. The summed E-state index contributed by atoms with van der Waals surface area (Å²) in [4.78, 5) is 17.8. The monoisotopic (exact) mass is 495 g/mol. The summed E-state index contributed by atoms with van der Waals surface area (Å²) in [6.45, 7) is 6.74. The largest absolute Gasteiger partial charge is 0.317 e. The van der Waals surface area contributed by atoms with Crippen LogP contribution >= 0.6 is 11.3 Å². The van der Waals surface area contributed by atoms with E-state index in [9.17, 15) is 13.2 Å². The molecule has 8 nitrogen and oxygen atoms in total. The van der Waals surface area contributed by atoms with Crippen LogP contribution in [0, 0.1) is 36.5 Å². The van der Waals surface area contributed by atoms with E-state index >= 15 is 0 Å². The van der Waals surface area contributed by atoms with Crippen molar-refractivity contribution in [3.8, 4) is 12.1 Å². The fraction of sp³-hybridized carbons (Fsp3) is 0.333. The summed E-state index contributed by atoms with van der Waals surface area (Å²) in [5.41, 5.74) is 3.64. The minimum Gasteiger partial charge on any atom is -0.317 e. The van der Waals surface area contributed by atoms with E-state index in [0.29, 0.717) is 11.3 Å². The predicted octanol–water partition coefficient (Wildman–Crippen LogP) is 3.90. The van der Waals surface area contributed by atoms with Gasteiger partial charge in [-0.2, -0.15) is 19.8 Å². The van der Waals surface area contributed by atoms with Crippen LogP contribution in [-0.2, 0) is 16.6 Å². The van der Waals surface area contributed by atoms with Crippen molar-refractivity contribution in [1.82, 2.24) is 8.87 Å². The summed E-state index contributed by atoms with van der Waals surface area (Å²) in [5, 5.41) is 17.6. The van der Waals surface area contributed by atoms with Gasteiger partial charge in [-0.3, -0.25) is 4.79 Å². The van der Waals surface area contributed by atoms with Gasteiger partial charge in [-0.15, -0.1) is 0 Å². The highest BCUT2D eigenvalue weighted by molar-refractivity contribution is 7.89. The number of hydrogen-bond donors (Lipinski definition) is 0. The Balaban J connectivity index is 1.93. The number of aryl methyl sites for hydroxylation is 3. The third-order valence-corrected chi connectivity index (χ3v) is 8.45. The number of sulfonamides is 1. The van der Waals surface area contributed by atoms with E-state index < -0.39 is 15.9 Å². The molecule has 176 valence electrons. The zero-order valence-electron chi connectivity index (χ0n) is 19.3. The number of nitriles is 2. The van der Waals surface area contributed by atoms with Crippen LogP contribution in [-0.4, -0.2) is 36.3 Å². The molecular formula is C24H25N5O3S2. The van der Waals surface area contributed by atoms with Crippen molar-refractivity contribution < 1.29 is 13.2 Å². The van der Waals surface area contributed by atoms with Crippen molar-refractivity contribution in [1.29, 1.82) is 10.5 Å². The van der Waals surface area contributed by atoms with Crippen molar-refractivity contribution in [3.63, 3.8) is 0 Å². The first kappa shape index (κ1) is 25.3. The van der Waals surface area contributed by atoms with Gasteiger partial charge in [-0.25, -0.2) is 8.42 Å². The molecule has 1 aromatic heterocycles. The number of thiazole rings is 1. The molecule has 0 radical (unpaired) electrons. The van der Waals surface area contributed by atoms with Crippen molar-refractivity contribution >= 4 is 37.5 Å². The summed E-state index contributed by atoms with van der Waals surface area (Å²) in [5.74, 6) is -0.461. The minimum atomic E-state index is -3.90. The maximum absolute atomic E-state index is 13.0. The zero-order chi connectivity index (χ0) is 24.9. The standard InChI is InChI=1S/C24H25N5O3S2/c1-4-29-21-15-17(2)18(3)16-22(21)33-24(29)27-23(30)19-7-9-20(10-8-19)34(31,32)28(13-5-11-25)14-6-12-26/h7-10,15-16H,4-6,13-14H2,1-3H3. The van der Waals surface area contributed by atoms with Crippen molar-refractivity contribution in [2.45, 2.75) is 45.1 Å². The second-order valence-corrected chi connectivity index (χ2v) is 10.6. The number of carbonyl (C=O) groups excluding carboxylic acids is 1. The van der Waals surface area contributed by atoms with Gasteiger partial charge in [-0.05, 0) is 68.3 Å². The minimum absolute atomic E-state index is 0.00156. The van der Waals surface area contributed by atoms with E-state index in [1.807, 2.05) is 37.5 Å². The number of carbonyl (C=O) groups is 1. The third kappa shape index (κ3) is 5.26. The quantitative estimate of drug-likeness (QED) is 0.469. The molecule has 0 saturated carbocycles. The van der Waals surface area contributed by atoms with Crippen LogP contribution in [0.5, 0.6) is 0 Å². The second kappa shape index (κ2) is 10.7. The molecule has 34 heavy (non-hydrogen) atoms. The molecular weight excluding hydrogens is 470 g/mol. The third-order valence-electron chi connectivity index (χ3n) is 5.50. The average molecular weight is 496 g/mol. The van der Waals surface area contributed by atoms with Gasteiger partial charge in [0, 0.05) is 38.0 Å². The molecule has 1 amide bonds. The Bertz CT molecular complexity index is 1450. The van der Waals surface area contributed by atoms with Gasteiger partial charge in [0.2, 0.25) is 10.0 Å². The van der Waals surface area contributed by atoms with E-state index in [1.165, 1.54) is 46.7 Å². The molecule has 2 aromatic carbocycles. The van der Waals surface area contributed by atoms with Crippen LogP contribution in [0.1, 0.15) is 41.3 Å². The van der Waals surface area contributed by atoms with E-state index in [1.54, 1.807) is 0 Å². The number of amides is 1. The lowest BCUT2D eigenvalue weighted by Gasteiger charge is -2.20. The van der Waals surface area contributed by atoms with Crippen LogP contribution in [0.3, 0.4) is 0 Å². The van der Waals surface area contributed by atoms with Gasteiger partial charge in [0.05, 0.1) is 27.3 Å². The van der Waals surface area contributed by atoms with Crippen molar-refractivity contribution in [3.05, 3.63) is 57.9 Å². The molecule has 10 heteroatoms. The molecule has 3 aromatic rings. The molecule has 0 unspecified atom stereocenters. The Hall–Kier alpha value is -3.31. The Morgan fingerprint density at radius 3 is 2.21 bits per heavy atom. The highest BCUT2D eigenvalue weighted by Crippen LogP contribution is 2.22. The molecule has 0 aliphatic carbocycles. The highest BCUT2D eigenvalue weighted by Gasteiger charge is 2.24. The molecule has 3 rings (SSSR count). The number of hydrogen-bond acceptors (Lipinski definition) is 6. The molecule has 0 aliphatic rings. The van der Waals surface area contributed by atoms with Crippen LogP contribution in [0.15, 0.2) is 46.3 Å². The number of benzene rings is 2. The Labute approximate surface area is 203 Å². The van der Waals surface area contributed by atoms with E-state index in [-0.39, 0.29) is 36.4 Å². The maximum atomic E-state index is 13.0. The summed E-state index contributed by atoms with van der Waals surface area (Å²) in [6.07, 6.45) is 0.0392. The molecule has 0 bridgehead atoms. The first-order valence-corrected chi connectivity index (χ1v) is 13.0. The SMILES string of the molecule is CCn1c(=NC(=O)c2ccc(S(=O)(=O)N(CCC#N)CCC#N)cc2)sc2cc(C)c(C)cc21. The van der Waals surface area contributed by atoms with Crippen LogP contribution in [0.4, 0.5) is 0 Å². The van der Waals surface area contributed by atoms with Crippen LogP contribution in [0.25, 0.3) is 10.2 Å². The van der Waals surface area contributed by atoms with Gasteiger partial charge in [0.15, 0.2) is 4.80 Å². The highest BCUT2D eigenvalue weighted by atomic mass is 32.2. The second-order valence-electron chi connectivity index (χ2n) is 7.69. The first-order valence-electron chi connectivity index (χ1n) is 10.8. The van der Waals surface area contributed by atoms with Crippen LogP contribution in [0.2, 0.25) is 0 Å². The van der Waals surface area contributed by atoms with E-state index in [4.69, 9.17) is 10.5 Å². The summed E-state index contributed by atoms with van der Waals surface area (Å²) in [7, 11) is -3.90. The molecule has 0 N–H and O–H groups in total. The fourth-order valence-electron chi connectivity index (χ4n) is 3.48. The van der Waals surface area contributed by atoms with Gasteiger partial charge < -0.3 is 4.57 Å². The van der Waals surface area contributed by atoms with E-state index in [0.717, 1.165) is 14.5 Å². The number of rotatable bonds is 8. The predicted molar refractivity (Wildman–Crippen MR) is 131 cm³/mol. The Kier molecular flexibility index (Phi) is 8.00. The topological polar surface area (TPSA) is 119 Å². The molecule has 0 fully saturated rings. The Morgan fingerprint density at radius 1 is 1.06 bits per heavy atom. The van der Waals surface area contributed by atoms with Crippen molar-refractivity contribution in [2.75, 3.05) is 13.1 Å². The fourth-order valence-corrected chi connectivity index (χ4v) is 6.10. The van der Waals surface area contributed by atoms with Gasteiger partial charge in [-0.1, -0.05) is 11.3 Å².